The van der Waals surface area contributed by atoms with Crippen molar-refractivity contribution in [1.82, 2.24) is 5.32 Å². The van der Waals surface area contributed by atoms with E-state index in [0.29, 0.717) is 18.3 Å². The van der Waals surface area contributed by atoms with Gasteiger partial charge in [-0.2, -0.15) is 0 Å². The predicted molar refractivity (Wildman–Crippen MR) is 70.9 cm³/mol. The molecule has 0 aliphatic heterocycles. The van der Waals surface area contributed by atoms with Crippen LogP contribution in [0.4, 0.5) is 0 Å². The fourth-order valence-corrected chi connectivity index (χ4v) is 1.70. The Morgan fingerprint density at radius 3 is 2.94 bits per heavy atom. The van der Waals surface area contributed by atoms with E-state index in [9.17, 15) is 5.11 Å². The minimum atomic E-state index is -0.530. The highest BCUT2D eigenvalue weighted by Crippen LogP contribution is 2.26. The second-order valence-electron chi connectivity index (χ2n) is 4.62. The summed E-state index contributed by atoms with van der Waals surface area (Å²) in [5, 5.41) is 13.9. The number of aliphatic hydroxyl groups excluding tert-OH is 1. The first kappa shape index (κ1) is 12.9. The summed E-state index contributed by atoms with van der Waals surface area (Å²) < 4.78 is 10.9. The fraction of sp³-hybridized carbons (Fsp3) is 0.429. The molecule has 98 valence electrons. The quantitative estimate of drug-likeness (QED) is 0.824. The lowest BCUT2D eigenvalue weighted by Crippen LogP contribution is -2.35. The van der Waals surface area contributed by atoms with E-state index in [2.05, 4.69) is 5.32 Å². The van der Waals surface area contributed by atoms with Crippen LogP contribution in [0.25, 0.3) is 11.0 Å². The van der Waals surface area contributed by atoms with E-state index in [0.717, 1.165) is 11.0 Å². The van der Waals surface area contributed by atoms with Crippen molar-refractivity contribution in [2.45, 2.75) is 26.0 Å². The van der Waals surface area contributed by atoms with Crippen molar-refractivity contribution in [3.63, 3.8) is 0 Å². The number of para-hydroxylation sites is 1. The van der Waals surface area contributed by atoms with Gasteiger partial charge in [-0.05, 0) is 12.1 Å². The molecule has 0 saturated carbocycles. The summed E-state index contributed by atoms with van der Waals surface area (Å²) in [4.78, 5) is 0. The van der Waals surface area contributed by atoms with Crippen molar-refractivity contribution in [2.75, 3.05) is 13.2 Å². The maximum absolute atomic E-state index is 9.76. The molecule has 18 heavy (non-hydrogen) atoms. The highest BCUT2D eigenvalue weighted by atomic mass is 16.5. The van der Waals surface area contributed by atoms with Gasteiger partial charge in [-0.1, -0.05) is 26.0 Å². The van der Waals surface area contributed by atoms with Crippen LogP contribution in [0.1, 0.15) is 13.8 Å². The highest BCUT2D eigenvalue weighted by Gasteiger charge is 2.09. The Morgan fingerprint density at radius 1 is 1.33 bits per heavy atom. The van der Waals surface area contributed by atoms with Crippen molar-refractivity contribution in [3.8, 4) is 5.75 Å². The van der Waals surface area contributed by atoms with Gasteiger partial charge in [0.2, 0.25) is 0 Å². The Hall–Kier alpha value is -1.52. The molecular formula is C14H19NO3. The zero-order valence-electron chi connectivity index (χ0n) is 10.7. The van der Waals surface area contributed by atoms with Crippen molar-refractivity contribution in [3.05, 3.63) is 30.5 Å². The molecule has 0 amide bonds. The fourth-order valence-electron chi connectivity index (χ4n) is 1.70. The number of fused-ring (bicyclic) bond motifs is 1. The van der Waals surface area contributed by atoms with Gasteiger partial charge in [-0.3, -0.25) is 0 Å². The second kappa shape index (κ2) is 5.89. The summed E-state index contributed by atoms with van der Waals surface area (Å²) in [6.07, 6.45) is 1.10. The smallest absolute Gasteiger partial charge is 0.175 e. The third kappa shape index (κ3) is 3.24. The Balaban J connectivity index is 1.91. The molecule has 1 unspecified atom stereocenters. The number of rotatable bonds is 6. The summed E-state index contributed by atoms with van der Waals surface area (Å²) in [7, 11) is 0. The molecule has 0 saturated heterocycles. The molecule has 0 fully saturated rings. The molecule has 2 aromatic rings. The molecule has 0 bridgehead atoms. The van der Waals surface area contributed by atoms with Crippen LogP contribution in [0.5, 0.6) is 5.75 Å². The van der Waals surface area contributed by atoms with Gasteiger partial charge in [0.25, 0.3) is 0 Å². The lowest BCUT2D eigenvalue weighted by molar-refractivity contribution is 0.105. The average molecular weight is 249 g/mol. The number of nitrogens with one attached hydrogen (secondary N) is 1. The topological polar surface area (TPSA) is 54.6 Å². The highest BCUT2D eigenvalue weighted by molar-refractivity contribution is 5.82. The van der Waals surface area contributed by atoms with Crippen molar-refractivity contribution in [2.24, 2.45) is 0 Å². The molecule has 0 spiro atoms. The Kier molecular flexibility index (Phi) is 4.23. The molecule has 1 heterocycles. The second-order valence-corrected chi connectivity index (χ2v) is 4.62. The number of hydrogen-bond acceptors (Lipinski definition) is 4. The lowest BCUT2D eigenvalue weighted by Gasteiger charge is -2.15. The summed E-state index contributed by atoms with van der Waals surface area (Å²) in [5.41, 5.74) is 0.724. The van der Waals surface area contributed by atoms with Crippen LogP contribution in [0, 0.1) is 0 Å². The molecule has 1 aromatic carbocycles. The molecule has 4 nitrogen and oxygen atoms in total. The Morgan fingerprint density at radius 2 is 2.17 bits per heavy atom. The molecule has 1 atom stereocenters. The van der Waals surface area contributed by atoms with E-state index in [1.54, 1.807) is 6.26 Å². The minimum absolute atomic E-state index is 0.250. The van der Waals surface area contributed by atoms with Gasteiger partial charge >= 0.3 is 0 Å². The first-order chi connectivity index (χ1) is 8.66. The number of aliphatic hydroxyl groups is 1. The van der Waals surface area contributed by atoms with Gasteiger partial charge < -0.3 is 19.6 Å². The standard InChI is InChI=1S/C14H19NO3/c1-10(2)15-8-12(16)9-18-13-5-3-4-11-6-7-17-14(11)13/h3-7,10,12,15-16H,8-9H2,1-2H3. The predicted octanol–water partition coefficient (Wildman–Crippen LogP) is 2.17. The molecule has 0 aliphatic carbocycles. The number of benzene rings is 1. The molecule has 2 rings (SSSR count). The van der Waals surface area contributed by atoms with Crippen LogP contribution < -0.4 is 10.1 Å². The summed E-state index contributed by atoms with van der Waals surface area (Å²) >= 11 is 0. The van der Waals surface area contributed by atoms with Crippen LogP contribution in [-0.2, 0) is 0 Å². The average Bonchev–Trinajstić information content (AvgIpc) is 2.82. The van der Waals surface area contributed by atoms with Gasteiger partial charge in [0.05, 0.1) is 6.26 Å². The number of furan rings is 1. The van der Waals surface area contributed by atoms with Gasteiger partial charge in [-0.25, -0.2) is 0 Å². The van der Waals surface area contributed by atoms with Crippen molar-refractivity contribution in [1.29, 1.82) is 0 Å². The van der Waals surface area contributed by atoms with Crippen LogP contribution in [-0.4, -0.2) is 30.4 Å². The van der Waals surface area contributed by atoms with E-state index in [1.165, 1.54) is 0 Å². The number of ether oxygens (including phenoxy) is 1. The van der Waals surface area contributed by atoms with Crippen LogP contribution >= 0.6 is 0 Å². The van der Waals surface area contributed by atoms with E-state index in [1.807, 2.05) is 38.1 Å². The van der Waals surface area contributed by atoms with Gasteiger partial charge in [-0.15, -0.1) is 0 Å². The maximum atomic E-state index is 9.76. The maximum Gasteiger partial charge on any atom is 0.175 e. The van der Waals surface area contributed by atoms with E-state index < -0.39 is 6.10 Å². The van der Waals surface area contributed by atoms with Crippen molar-refractivity contribution >= 4 is 11.0 Å². The van der Waals surface area contributed by atoms with Crippen LogP contribution in [0.2, 0.25) is 0 Å². The van der Waals surface area contributed by atoms with Gasteiger partial charge in [0, 0.05) is 18.0 Å². The van der Waals surface area contributed by atoms with Crippen molar-refractivity contribution < 1.29 is 14.3 Å². The third-order valence-corrected chi connectivity index (χ3v) is 2.64. The van der Waals surface area contributed by atoms with Crippen LogP contribution in [0.3, 0.4) is 0 Å². The molecule has 1 aromatic heterocycles. The summed E-state index contributed by atoms with van der Waals surface area (Å²) in [6, 6.07) is 7.95. The lowest BCUT2D eigenvalue weighted by atomic mass is 10.2. The zero-order chi connectivity index (χ0) is 13.0. The minimum Gasteiger partial charge on any atom is -0.487 e. The zero-order valence-corrected chi connectivity index (χ0v) is 10.7. The molecule has 4 heteroatoms. The first-order valence-electron chi connectivity index (χ1n) is 6.17. The molecular weight excluding hydrogens is 230 g/mol. The summed E-state index contributed by atoms with van der Waals surface area (Å²) in [6.45, 7) is 4.85. The molecule has 0 aliphatic rings. The third-order valence-electron chi connectivity index (χ3n) is 2.64. The van der Waals surface area contributed by atoms with Gasteiger partial charge in [0.1, 0.15) is 12.7 Å². The monoisotopic (exact) mass is 249 g/mol. The van der Waals surface area contributed by atoms with Gasteiger partial charge in [0.15, 0.2) is 11.3 Å². The van der Waals surface area contributed by atoms with E-state index in [-0.39, 0.29) is 6.61 Å². The molecule has 2 N–H and O–H groups in total. The Bertz CT molecular complexity index is 492. The SMILES string of the molecule is CC(C)NCC(O)COc1cccc2ccoc12. The number of hydrogen-bond donors (Lipinski definition) is 2. The summed E-state index contributed by atoms with van der Waals surface area (Å²) in [5.74, 6) is 0.668. The Labute approximate surface area is 107 Å². The van der Waals surface area contributed by atoms with E-state index in [4.69, 9.17) is 9.15 Å². The largest absolute Gasteiger partial charge is 0.487 e. The van der Waals surface area contributed by atoms with Crippen LogP contribution in [0.15, 0.2) is 34.9 Å². The first-order valence-corrected chi connectivity index (χ1v) is 6.17. The van der Waals surface area contributed by atoms with E-state index >= 15 is 0 Å². The normalized spacial score (nSPS) is 13.1. The molecule has 0 radical (unpaired) electrons.